The van der Waals surface area contributed by atoms with Crippen molar-refractivity contribution in [3.8, 4) is 0 Å². The second-order valence-electron chi connectivity index (χ2n) is 4.00. The predicted molar refractivity (Wildman–Crippen MR) is 70.7 cm³/mol. The van der Waals surface area contributed by atoms with Gasteiger partial charge in [-0.1, -0.05) is 13.3 Å². The van der Waals surface area contributed by atoms with Gasteiger partial charge in [-0.15, -0.1) is 0 Å². The second-order valence-corrected chi connectivity index (χ2v) is 4.00. The van der Waals surface area contributed by atoms with E-state index < -0.39 is 6.29 Å². The molecule has 0 spiro atoms. The van der Waals surface area contributed by atoms with Gasteiger partial charge in [-0.2, -0.15) is 9.97 Å². The first-order chi connectivity index (χ1) is 8.54. The number of anilines is 3. The summed E-state index contributed by atoms with van der Waals surface area (Å²) in [5.74, 6) is 0.496. The molecule has 7 heteroatoms. The van der Waals surface area contributed by atoms with Crippen molar-refractivity contribution in [2.75, 3.05) is 31.4 Å². The predicted octanol–water partition coefficient (Wildman–Crippen LogP) is 0.726. The number of nitrogen functional groups attached to an aromatic ring is 3. The molecular formula is C11H21N5O2. The van der Waals surface area contributed by atoms with E-state index in [0.29, 0.717) is 5.56 Å². The molecule has 0 bridgehead atoms. The van der Waals surface area contributed by atoms with Crippen LogP contribution in [-0.2, 0) is 9.47 Å². The Bertz CT molecular complexity index is 372. The molecule has 1 aromatic heterocycles. The summed E-state index contributed by atoms with van der Waals surface area (Å²) in [6.07, 6.45) is 1.28. The number of ether oxygens (including phenoxy) is 2. The zero-order valence-electron chi connectivity index (χ0n) is 11.0. The summed E-state index contributed by atoms with van der Waals surface area (Å²) in [5, 5.41) is 0. The fourth-order valence-corrected chi connectivity index (χ4v) is 2.06. The van der Waals surface area contributed by atoms with Crippen LogP contribution >= 0.6 is 0 Å². The molecule has 7 nitrogen and oxygen atoms in total. The number of hydrogen-bond donors (Lipinski definition) is 3. The number of nitrogens with two attached hydrogens (primary N) is 3. The standard InChI is InChI=1S/C11H21N5O2/c1-4-5-6(10(17-2)18-3)7-8(12)15-11(14)16-9(7)13/h6,10H,4-5H2,1-3H3,(H6,12,13,14,15,16). The monoisotopic (exact) mass is 255 g/mol. The highest BCUT2D eigenvalue weighted by atomic mass is 16.7. The molecule has 18 heavy (non-hydrogen) atoms. The summed E-state index contributed by atoms with van der Waals surface area (Å²) in [4.78, 5) is 7.88. The fraction of sp³-hybridized carbons (Fsp3) is 0.636. The van der Waals surface area contributed by atoms with Gasteiger partial charge in [-0.3, -0.25) is 0 Å². The Balaban J connectivity index is 3.20. The topological polar surface area (TPSA) is 122 Å². The maximum atomic E-state index is 5.88. The molecule has 1 aromatic rings. The Hall–Kier alpha value is -1.60. The Morgan fingerprint density at radius 3 is 1.94 bits per heavy atom. The van der Waals surface area contributed by atoms with Gasteiger partial charge in [0.05, 0.1) is 0 Å². The minimum absolute atomic E-state index is 0.0652. The summed E-state index contributed by atoms with van der Waals surface area (Å²) >= 11 is 0. The molecule has 6 N–H and O–H groups in total. The van der Waals surface area contributed by atoms with E-state index in [0.717, 1.165) is 12.8 Å². The van der Waals surface area contributed by atoms with E-state index in [2.05, 4.69) is 16.9 Å². The largest absolute Gasteiger partial charge is 0.383 e. The molecule has 0 saturated heterocycles. The zero-order chi connectivity index (χ0) is 13.7. The lowest BCUT2D eigenvalue weighted by molar-refractivity contribution is -0.119. The van der Waals surface area contributed by atoms with Crippen LogP contribution in [0.15, 0.2) is 0 Å². The molecule has 0 amide bonds. The maximum absolute atomic E-state index is 5.88. The van der Waals surface area contributed by atoms with Gasteiger partial charge in [-0.05, 0) is 6.42 Å². The number of methoxy groups -OCH3 is 2. The van der Waals surface area contributed by atoms with Crippen LogP contribution in [0.25, 0.3) is 0 Å². The second kappa shape index (κ2) is 6.36. The van der Waals surface area contributed by atoms with Gasteiger partial charge < -0.3 is 26.7 Å². The zero-order valence-corrected chi connectivity index (χ0v) is 11.0. The van der Waals surface area contributed by atoms with E-state index in [1.807, 2.05) is 0 Å². The Kier molecular flexibility index (Phi) is 5.11. The van der Waals surface area contributed by atoms with Gasteiger partial charge in [-0.25, -0.2) is 0 Å². The summed E-state index contributed by atoms with van der Waals surface area (Å²) in [6.45, 7) is 2.06. The molecule has 1 unspecified atom stereocenters. The highest BCUT2D eigenvalue weighted by molar-refractivity contribution is 5.57. The van der Waals surface area contributed by atoms with Crippen molar-refractivity contribution in [1.82, 2.24) is 9.97 Å². The van der Waals surface area contributed by atoms with Gasteiger partial charge in [0, 0.05) is 25.7 Å². The summed E-state index contributed by atoms with van der Waals surface area (Å²) in [6, 6.07) is 0. The Morgan fingerprint density at radius 2 is 1.56 bits per heavy atom. The smallest absolute Gasteiger partial charge is 0.223 e. The molecule has 0 aliphatic heterocycles. The average molecular weight is 255 g/mol. The molecular weight excluding hydrogens is 234 g/mol. The van der Waals surface area contributed by atoms with E-state index in [1.165, 1.54) is 0 Å². The van der Waals surface area contributed by atoms with Crippen LogP contribution in [0.3, 0.4) is 0 Å². The molecule has 0 aliphatic carbocycles. The van der Waals surface area contributed by atoms with Crippen molar-refractivity contribution in [2.45, 2.75) is 32.0 Å². The van der Waals surface area contributed by atoms with Crippen LogP contribution in [0, 0.1) is 0 Å². The van der Waals surface area contributed by atoms with Crippen molar-refractivity contribution in [3.63, 3.8) is 0 Å². The molecule has 1 heterocycles. The fourth-order valence-electron chi connectivity index (χ4n) is 2.06. The Labute approximate surface area is 107 Å². The summed E-state index contributed by atoms with van der Waals surface area (Å²) < 4.78 is 10.6. The van der Waals surface area contributed by atoms with Gasteiger partial charge in [0.1, 0.15) is 11.6 Å². The molecule has 0 saturated carbocycles. The lowest BCUT2D eigenvalue weighted by atomic mass is 9.94. The summed E-state index contributed by atoms with van der Waals surface area (Å²) in [5.41, 5.74) is 17.9. The average Bonchev–Trinajstić information content (AvgIpc) is 2.29. The normalized spacial score (nSPS) is 12.9. The minimum atomic E-state index is -0.443. The van der Waals surface area contributed by atoms with E-state index in [-0.39, 0.29) is 23.5 Å². The molecule has 0 fully saturated rings. The minimum Gasteiger partial charge on any atom is -0.383 e. The van der Waals surface area contributed by atoms with Gasteiger partial charge in [0.25, 0.3) is 0 Å². The number of hydrogen-bond acceptors (Lipinski definition) is 7. The SMILES string of the molecule is CCCC(c1c(N)nc(N)nc1N)C(OC)OC. The van der Waals surface area contributed by atoms with Crippen molar-refractivity contribution >= 4 is 17.6 Å². The van der Waals surface area contributed by atoms with Crippen molar-refractivity contribution in [3.05, 3.63) is 5.56 Å². The van der Waals surface area contributed by atoms with Gasteiger partial charge in [0.2, 0.25) is 5.95 Å². The van der Waals surface area contributed by atoms with Crippen LogP contribution in [0.5, 0.6) is 0 Å². The van der Waals surface area contributed by atoms with Crippen LogP contribution < -0.4 is 17.2 Å². The van der Waals surface area contributed by atoms with Crippen molar-refractivity contribution in [1.29, 1.82) is 0 Å². The molecule has 0 radical (unpaired) electrons. The number of aromatic nitrogens is 2. The third-order valence-electron chi connectivity index (χ3n) is 2.79. The number of rotatable bonds is 6. The van der Waals surface area contributed by atoms with Crippen molar-refractivity contribution in [2.24, 2.45) is 0 Å². The maximum Gasteiger partial charge on any atom is 0.223 e. The van der Waals surface area contributed by atoms with Crippen LogP contribution in [0.4, 0.5) is 17.6 Å². The molecule has 102 valence electrons. The third kappa shape index (κ3) is 2.99. The molecule has 0 aromatic carbocycles. The first-order valence-corrected chi connectivity index (χ1v) is 5.79. The van der Waals surface area contributed by atoms with Crippen LogP contribution in [0.1, 0.15) is 31.2 Å². The van der Waals surface area contributed by atoms with E-state index in [9.17, 15) is 0 Å². The van der Waals surface area contributed by atoms with Crippen LogP contribution in [-0.4, -0.2) is 30.5 Å². The number of nitrogens with zero attached hydrogens (tertiary/aromatic N) is 2. The lowest BCUT2D eigenvalue weighted by Gasteiger charge is -2.26. The lowest BCUT2D eigenvalue weighted by Crippen LogP contribution is -2.26. The quantitative estimate of drug-likeness (QED) is 0.640. The van der Waals surface area contributed by atoms with Crippen LogP contribution in [0.2, 0.25) is 0 Å². The summed E-state index contributed by atoms with van der Waals surface area (Å²) in [7, 11) is 3.14. The first kappa shape index (κ1) is 14.5. The van der Waals surface area contributed by atoms with Gasteiger partial charge in [0.15, 0.2) is 6.29 Å². The van der Waals surface area contributed by atoms with E-state index >= 15 is 0 Å². The molecule has 0 aliphatic rings. The van der Waals surface area contributed by atoms with Gasteiger partial charge >= 0.3 is 0 Å². The third-order valence-corrected chi connectivity index (χ3v) is 2.79. The Morgan fingerprint density at radius 1 is 1.06 bits per heavy atom. The molecule has 1 atom stereocenters. The first-order valence-electron chi connectivity index (χ1n) is 5.79. The highest BCUT2D eigenvalue weighted by Crippen LogP contribution is 2.34. The van der Waals surface area contributed by atoms with Crippen molar-refractivity contribution < 1.29 is 9.47 Å². The van der Waals surface area contributed by atoms with E-state index in [4.69, 9.17) is 26.7 Å². The van der Waals surface area contributed by atoms with E-state index in [1.54, 1.807) is 14.2 Å². The molecule has 1 rings (SSSR count). The highest BCUT2D eigenvalue weighted by Gasteiger charge is 2.27.